The van der Waals surface area contributed by atoms with Crippen LogP contribution in [0.1, 0.15) is 28.9 Å². The molecular formula is C19H24N4O2. The van der Waals surface area contributed by atoms with Gasteiger partial charge >= 0.3 is 0 Å². The first-order chi connectivity index (χ1) is 12.2. The van der Waals surface area contributed by atoms with Gasteiger partial charge in [-0.2, -0.15) is 0 Å². The standard InChI is InChI=1S/C19H24N4O2/c1-20-19(24)16-9-10-18(22-21-16)23-11-5-6-14(13-23)12-15-7-3-4-8-17(15)25-2/h3-4,7-10,14H,5-6,11-13H2,1-2H3,(H,20,24). The van der Waals surface area contributed by atoms with E-state index in [0.29, 0.717) is 11.6 Å². The van der Waals surface area contributed by atoms with Gasteiger partial charge in [-0.3, -0.25) is 4.79 Å². The van der Waals surface area contributed by atoms with Gasteiger partial charge in [0.25, 0.3) is 5.91 Å². The summed E-state index contributed by atoms with van der Waals surface area (Å²) in [5.41, 5.74) is 1.59. The number of benzene rings is 1. The summed E-state index contributed by atoms with van der Waals surface area (Å²) in [6, 6.07) is 11.8. The van der Waals surface area contributed by atoms with Crippen molar-refractivity contribution in [3.8, 4) is 5.75 Å². The predicted octanol–water partition coefficient (Wildman–Crippen LogP) is 2.30. The molecule has 1 aliphatic heterocycles. The summed E-state index contributed by atoms with van der Waals surface area (Å²) in [4.78, 5) is 13.8. The van der Waals surface area contributed by atoms with E-state index in [1.165, 1.54) is 12.0 Å². The zero-order valence-electron chi connectivity index (χ0n) is 14.7. The Hall–Kier alpha value is -2.63. The van der Waals surface area contributed by atoms with E-state index in [4.69, 9.17) is 4.74 Å². The van der Waals surface area contributed by atoms with E-state index >= 15 is 0 Å². The number of nitrogens with zero attached hydrogens (tertiary/aromatic N) is 3. The first kappa shape index (κ1) is 17.2. The lowest BCUT2D eigenvalue weighted by Gasteiger charge is -2.33. The van der Waals surface area contributed by atoms with Crippen molar-refractivity contribution in [3.63, 3.8) is 0 Å². The number of methoxy groups -OCH3 is 1. The maximum Gasteiger partial charge on any atom is 0.271 e. The number of aromatic nitrogens is 2. The normalized spacial score (nSPS) is 17.2. The molecule has 6 nitrogen and oxygen atoms in total. The summed E-state index contributed by atoms with van der Waals surface area (Å²) in [6.07, 6.45) is 3.31. The quantitative estimate of drug-likeness (QED) is 0.905. The predicted molar refractivity (Wildman–Crippen MR) is 97.1 cm³/mol. The second kappa shape index (κ2) is 7.96. The first-order valence-corrected chi connectivity index (χ1v) is 8.64. The van der Waals surface area contributed by atoms with Gasteiger partial charge in [0.05, 0.1) is 7.11 Å². The molecule has 0 radical (unpaired) electrons. The Labute approximate surface area is 148 Å². The fourth-order valence-electron chi connectivity index (χ4n) is 3.37. The molecule has 1 aromatic heterocycles. The van der Waals surface area contributed by atoms with Crippen LogP contribution in [0.25, 0.3) is 0 Å². The molecule has 1 N–H and O–H groups in total. The maximum atomic E-state index is 11.6. The van der Waals surface area contributed by atoms with Gasteiger partial charge in [0, 0.05) is 20.1 Å². The van der Waals surface area contributed by atoms with Gasteiger partial charge in [-0.05, 0) is 48.9 Å². The van der Waals surface area contributed by atoms with Crippen molar-refractivity contribution in [3.05, 3.63) is 47.7 Å². The third-order valence-corrected chi connectivity index (χ3v) is 4.65. The van der Waals surface area contributed by atoms with Crippen molar-refractivity contribution in [2.24, 2.45) is 5.92 Å². The molecule has 0 aliphatic carbocycles. The first-order valence-electron chi connectivity index (χ1n) is 8.64. The molecule has 1 aliphatic rings. The van der Waals surface area contributed by atoms with E-state index in [1.54, 1.807) is 20.2 Å². The van der Waals surface area contributed by atoms with Crippen LogP contribution in [0.2, 0.25) is 0 Å². The SMILES string of the molecule is CNC(=O)c1ccc(N2CCCC(Cc3ccccc3OC)C2)nn1. The van der Waals surface area contributed by atoms with Crippen molar-refractivity contribution in [1.29, 1.82) is 0 Å². The summed E-state index contributed by atoms with van der Waals surface area (Å²) in [5, 5.41) is 10.8. The Morgan fingerprint density at radius 3 is 2.84 bits per heavy atom. The van der Waals surface area contributed by atoms with Crippen molar-refractivity contribution in [2.75, 3.05) is 32.1 Å². The van der Waals surface area contributed by atoms with Gasteiger partial charge in [0.1, 0.15) is 5.75 Å². The second-order valence-corrected chi connectivity index (χ2v) is 6.33. The average molecular weight is 340 g/mol. The van der Waals surface area contributed by atoms with Crippen LogP contribution in [0.15, 0.2) is 36.4 Å². The van der Waals surface area contributed by atoms with Crippen LogP contribution < -0.4 is 15.0 Å². The van der Waals surface area contributed by atoms with Crippen molar-refractivity contribution < 1.29 is 9.53 Å². The Morgan fingerprint density at radius 2 is 2.12 bits per heavy atom. The maximum absolute atomic E-state index is 11.6. The number of hydrogen-bond donors (Lipinski definition) is 1. The van der Waals surface area contributed by atoms with Crippen LogP contribution >= 0.6 is 0 Å². The Balaban J connectivity index is 1.67. The van der Waals surface area contributed by atoms with Crippen molar-refractivity contribution in [1.82, 2.24) is 15.5 Å². The molecule has 2 aromatic rings. The van der Waals surface area contributed by atoms with Gasteiger partial charge in [0.2, 0.25) is 0 Å². The van der Waals surface area contributed by atoms with E-state index in [2.05, 4.69) is 32.5 Å². The van der Waals surface area contributed by atoms with Crippen LogP contribution in [0, 0.1) is 5.92 Å². The minimum Gasteiger partial charge on any atom is -0.496 e. The molecule has 1 saturated heterocycles. The number of nitrogens with one attached hydrogen (secondary N) is 1. The molecule has 3 rings (SSSR count). The fraction of sp³-hybridized carbons (Fsp3) is 0.421. The Morgan fingerprint density at radius 1 is 1.28 bits per heavy atom. The number of piperidine rings is 1. The van der Waals surface area contributed by atoms with Crippen molar-refractivity contribution in [2.45, 2.75) is 19.3 Å². The number of para-hydroxylation sites is 1. The third-order valence-electron chi connectivity index (χ3n) is 4.65. The Bertz CT molecular complexity index is 718. The molecule has 0 spiro atoms. The highest BCUT2D eigenvalue weighted by atomic mass is 16.5. The minimum absolute atomic E-state index is 0.216. The number of rotatable bonds is 5. The van der Waals surface area contributed by atoms with Gasteiger partial charge < -0.3 is 15.0 Å². The summed E-state index contributed by atoms with van der Waals surface area (Å²) < 4.78 is 5.47. The van der Waals surface area contributed by atoms with Gasteiger partial charge in [0.15, 0.2) is 11.5 Å². The average Bonchev–Trinajstić information content (AvgIpc) is 2.68. The lowest BCUT2D eigenvalue weighted by Crippen LogP contribution is -2.37. The molecule has 0 bridgehead atoms. The molecule has 2 heterocycles. The number of carbonyl (C=O) groups is 1. The van der Waals surface area contributed by atoms with Crippen LogP contribution in [0.5, 0.6) is 5.75 Å². The summed E-state index contributed by atoms with van der Waals surface area (Å²) in [6.45, 7) is 1.91. The van der Waals surface area contributed by atoms with Crippen LogP contribution in [-0.2, 0) is 6.42 Å². The lowest BCUT2D eigenvalue weighted by atomic mass is 9.91. The smallest absolute Gasteiger partial charge is 0.271 e. The van der Waals surface area contributed by atoms with E-state index < -0.39 is 0 Å². The number of ether oxygens (including phenoxy) is 1. The molecule has 0 saturated carbocycles. The fourth-order valence-corrected chi connectivity index (χ4v) is 3.37. The molecule has 1 aromatic carbocycles. The molecule has 6 heteroatoms. The minimum atomic E-state index is -0.216. The van der Waals surface area contributed by atoms with E-state index in [0.717, 1.165) is 37.5 Å². The number of carbonyl (C=O) groups excluding carboxylic acids is 1. The molecule has 1 atom stereocenters. The zero-order chi connectivity index (χ0) is 17.6. The summed E-state index contributed by atoms with van der Waals surface area (Å²) in [7, 11) is 3.31. The molecule has 1 fully saturated rings. The highest BCUT2D eigenvalue weighted by Gasteiger charge is 2.22. The van der Waals surface area contributed by atoms with E-state index in [9.17, 15) is 4.79 Å². The summed E-state index contributed by atoms with van der Waals surface area (Å²) >= 11 is 0. The van der Waals surface area contributed by atoms with E-state index in [-0.39, 0.29) is 5.91 Å². The van der Waals surface area contributed by atoms with Crippen molar-refractivity contribution >= 4 is 11.7 Å². The van der Waals surface area contributed by atoms with E-state index in [1.807, 2.05) is 18.2 Å². The third kappa shape index (κ3) is 4.07. The van der Waals surface area contributed by atoms with Gasteiger partial charge in [-0.25, -0.2) is 0 Å². The second-order valence-electron chi connectivity index (χ2n) is 6.33. The molecule has 1 unspecified atom stereocenters. The topological polar surface area (TPSA) is 67.4 Å². The number of anilines is 1. The van der Waals surface area contributed by atoms with Gasteiger partial charge in [-0.15, -0.1) is 10.2 Å². The molecular weight excluding hydrogens is 316 g/mol. The molecule has 1 amide bonds. The zero-order valence-corrected chi connectivity index (χ0v) is 14.7. The molecule has 25 heavy (non-hydrogen) atoms. The highest BCUT2D eigenvalue weighted by Crippen LogP contribution is 2.27. The van der Waals surface area contributed by atoms with Crippen LogP contribution in [-0.4, -0.2) is 43.4 Å². The highest BCUT2D eigenvalue weighted by molar-refractivity contribution is 5.91. The monoisotopic (exact) mass is 340 g/mol. The largest absolute Gasteiger partial charge is 0.496 e. The molecule has 132 valence electrons. The number of amides is 1. The lowest BCUT2D eigenvalue weighted by molar-refractivity contribution is 0.0957. The number of hydrogen-bond acceptors (Lipinski definition) is 5. The van der Waals surface area contributed by atoms with Crippen LogP contribution in [0.3, 0.4) is 0 Å². The Kier molecular flexibility index (Phi) is 5.48. The van der Waals surface area contributed by atoms with Crippen LogP contribution in [0.4, 0.5) is 5.82 Å². The summed E-state index contributed by atoms with van der Waals surface area (Å²) in [5.74, 6) is 2.11. The van der Waals surface area contributed by atoms with Gasteiger partial charge in [-0.1, -0.05) is 18.2 Å².